The van der Waals surface area contributed by atoms with Gasteiger partial charge in [-0.2, -0.15) is 0 Å². The summed E-state index contributed by atoms with van der Waals surface area (Å²) in [6.45, 7) is 2.09. The number of rotatable bonds is 6. The molecule has 0 saturated heterocycles. The largest absolute Gasteiger partial charge is 0.409 e. The maximum absolute atomic E-state index is 8.48. The number of nitrogens with one attached hydrogen (secondary N) is 1. The Morgan fingerprint density at radius 1 is 1.67 bits per heavy atom. The van der Waals surface area contributed by atoms with Crippen molar-refractivity contribution in [2.75, 3.05) is 7.11 Å². The predicted octanol–water partition coefficient (Wildman–Crippen LogP) is 0.669. The van der Waals surface area contributed by atoms with E-state index < -0.39 is 0 Å². The first kappa shape index (κ1) is 12.3. The van der Waals surface area contributed by atoms with Gasteiger partial charge in [-0.05, 0) is 19.3 Å². The molecule has 4 N–H and O–H groups in total. The Hall–Kier alpha value is -0.810. The number of methoxy groups -OCH3 is 1. The summed E-state index contributed by atoms with van der Waals surface area (Å²) in [5.74, 6) is 0.289. The van der Waals surface area contributed by atoms with Crippen molar-refractivity contribution in [2.45, 2.75) is 50.8 Å². The molecule has 0 aromatic carbocycles. The average Bonchev–Trinajstić information content (AvgIpc) is 2.20. The van der Waals surface area contributed by atoms with Gasteiger partial charge in [0.05, 0.1) is 6.10 Å². The van der Waals surface area contributed by atoms with Crippen LogP contribution in [0.1, 0.15) is 32.6 Å². The Morgan fingerprint density at radius 3 is 2.80 bits per heavy atom. The number of hydrogen-bond donors (Lipinski definition) is 3. The second kappa shape index (κ2) is 5.92. The summed E-state index contributed by atoms with van der Waals surface area (Å²) in [6.07, 6.45) is 4.10. The molecule has 0 aromatic rings. The highest BCUT2D eigenvalue weighted by molar-refractivity contribution is 5.80. The van der Waals surface area contributed by atoms with Gasteiger partial charge < -0.3 is 21.0 Å². The molecule has 0 amide bonds. The van der Waals surface area contributed by atoms with E-state index in [-0.39, 0.29) is 5.84 Å². The molecule has 15 heavy (non-hydrogen) atoms. The van der Waals surface area contributed by atoms with Crippen molar-refractivity contribution in [3.05, 3.63) is 0 Å². The molecule has 0 aliphatic heterocycles. The Kier molecular flexibility index (Phi) is 4.84. The van der Waals surface area contributed by atoms with Gasteiger partial charge in [0.25, 0.3) is 0 Å². The molecule has 1 unspecified atom stereocenters. The van der Waals surface area contributed by atoms with E-state index in [0.717, 1.165) is 19.3 Å². The van der Waals surface area contributed by atoms with Crippen molar-refractivity contribution in [3.63, 3.8) is 0 Å². The van der Waals surface area contributed by atoms with E-state index in [0.29, 0.717) is 24.6 Å². The molecule has 5 nitrogen and oxygen atoms in total. The lowest BCUT2D eigenvalue weighted by atomic mass is 9.88. The summed E-state index contributed by atoms with van der Waals surface area (Å²) >= 11 is 0. The van der Waals surface area contributed by atoms with Crippen LogP contribution in [0.2, 0.25) is 0 Å². The molecule has 0 aromatic heterocycles. The van der Waals surface area contributed by atoms with Gasteiger partial charge in [-0.3, -0.25) is 0 Å². The lowest BCUT2D eigenvalue weighted by Gasteiger charge is -2.37. The van der Waals surface area contributed by atoms with Crippen molar-refractivity contribution in [3.8, 4) is 0 Å². The van der Waals surface area contributed by atoms with Gasteiger partial charge in [-0.25, -0.2) is 0 Å². The van der Waals surface area contributed by atoms with Gasteiger partial charge in [0.1, 0.15) is 5.84 Å². The van der Waals surface area contributed by atoms with E-state index in [4.69, 9.17) is 15.7 Å². The fourth-order valence-electron chi connectivity index (χ4n) is 1.84. The molecule has 1 aliphatic carbocycles. The Morgan fingerprint density at radius 2 is 2.33 bits per heavy atom. The van der Waals surface area contributed by atoms with Crippen LogP contribution in [0.5, 0.6) is 0 Å². The highest BCUT2D eigenvalue weighted by atomic mass is 16.5. The molecular weight excluding hydrogens is 194 g/mol. The molecule has 0 radical (unpaired) electrons. The quantitative estimate of drug-likeness (QED) is 0.263. The second-order valence-electron chi connectivity index (χ2n) is 4.09. The zero-order valence-electron chi connectivity index (χ0n) is 9.44. The number of amidine groups is 1. The normalized spacial score (nSPS) is 28.5. The summed E-state index contributed by atoms with van der Waals surface area (Å²) < 4.78 is 5.21. The van der Waals surface area contributed by atoms with Crippen molar-refractivity contribution in [1.29, 1.82) is 0 Å². The molecule has 1 rings (SSSR count). The molecule has 1 fully saturated rings. The smallest absolute Gasteiger partial charge is 0.140 e. The van der Waals surface area contributed by atoms with Crippen molar-refractivity contribution < 1.29 is 9.94 Å². The van der Waals surface area contributed by atoms with Crippen LogP contribution in [0.15, 0.2) is 5.16 Å². The van der Waals surface area contributed by atoms with Gasteiger partial charge in [-0.15, -0.1) is 0 Å². The topological polar surface area (TPSA) is 79.9 Å². The van der Waals surface area contributed by atoms with Gasteiger partial charge in [0.2, 0.25) is 0 Å². The predicted molar refractivity (Wildman–Crippen MR) is 59.1 cm³/mol. The zero-order chi connectivity index (χ0) is 11.3. The van der Waals surface area contributed by atoms with Crippen LogP contribution in [0, 0.1) is 0 Å². The van der Waals surface area contributed by atoms with E-state index in [9.17, 15) is 0 Å². The Labute approximate surface area is 90.7 Å². The fraction of sp³-hybridized carbons (Fsp3) is 0.900. The lowest BCUT2D eigenvalue weighted by Crippen LogP contribution is -2.49. The molecule has 0 heterocycles. The Bertz CT molecular complexity index is 215. The Balaban J connectivity index is 2.23. The number of ether oxygens (including phenoxy) is 1. The van der Waals surface area contributed by atoms with Gasteiger partial charge in [-0.1, -0.05) is 12.1 Å². The highest BCUT2D eigenvalue weighted by Gasteiger charge is 2.30. The summed E-state index contributed by atoms with van der Waals surface area (Å²) in [4.78, 5) is 0. The van der Waals surface area contributed by atoms with E-state index in [1.54, 1.807) is 7.11 Å². The minimum absolute atomic E-state index is 0.289. The SMILES string of the molecule is CCC(CC(N)=NO)NC1CC(OC)C1. The van der Waals surface area contributed by atoms with Crippen molar-refractivity contribution in [2.24, 2.45) is 10.9 Å². The molecule has 1 atom stereocenters. The first-order valence-electron chi connectivity index (χ1n) is 5.44. The first-order valence-corrected chi connectivity index (χ1v) is 5.44. The monoisotopic (exact) mass is 215 g/mol. The van der Waals surface area contributed by atoms with Crippen LogP contribution in [0.25, 0.3) is 0 Å². The van der Waals surface area contributed by atoms with Crippen LogP contribution < -0.4 is 11.1 Å². The van der Waals surface area contributed by atoms with E-state index in [2.05, 4.69) is 17.4 Å². The molecule has 0 bridgehead atoms. The molecule has 1 aliphatic rings. The van der Waals surface area contributed by atoms with Gasteiger partial charge >= 0.3 is 0 Å². The maximum atomic E-state index is 8.48. The lowest BCUT2D eigenvalue weighted by molar-refractivity contribution is 0.0143. The molecular formula is C10H21N3O2. The zero-order valence-corrected chi connectivity index (χ0v) is 9.44. The van der Waals surface area contributed by atoms with Crippen LogP contribution >= 0.6 is 0 Å². The van der Waals surface area contributed by atoms with E-state index in [1.165, 1.54) is 0 Å². The number of oxime groups is 1. The second-order valence-corrected chi connectivity index (χ2v) is 4.09. The van der Waals surface area contributed by atoms with Crippen LogP contribution in [0.3, 0.4) is 0 Å². The third kappa shape index (κ3) is 3.68. The van der Waals surface area contributed by atoms with Gasteiger partial charge in [0.15, 0.2) is 0 Å². The van der Waals surface area contributed by atoms with Crippen LogP contribution in [-0.4, -0.2) is 36.3 Å². The van der Waals surface area contributed by atoms with Gasteiger partial charge in [0, 0.05) is 25.6 Å². The van der Waals surface area contributed by atoms with E-state index >= 15 is 0 Å². The summed E-state index contributed by atoms with van der Waals surface area (Å²) in [5.41, 5.74) is 5.47. The maximum Gasteiger partial charge on any atom is 0.140 e. The van der Waals surface area contributed by atoms with Crippen molar-refractivity contribution >= 4 is 5.84 Å². The molecule has 0 spiro atoms. The minimum atomic E-state index is 0.289. The third-order valence-electron chi connectivity index (χ3n) is 2.98. The van der Waals surface area contributed by atoms with Crippen molar-refractivity contribution in [1.82, 2.24) is 5.32 Å². The van der Waals surface area contributed by atoms with E-state index in [1.807, 2.05) is 0 Å². The highest BCUT2D eigenvalue weighted by Crippen LogP contribution is 2.23. The third-order valence-corrected chi connectivity index (χ3v) is 2.98. The first-order chi connectivity index (χ1) is 7.19. The fourth-order valence-corrected chi connectivity index (χ4v) is 1.84. The standard InChI is InChI=1S/C10H21N3O2/c1-3-7(6-10(11)13-14)12-8-4-9(5-8)15-2/h7-9,12,14H,3-6H2,1-2H3,(H2,11,13). The summed E-state index contributed by atoms with van der Waals surface area (Å²) in [7, 11) is 1.74. The van der Waals surface area contributed by atoms with Crippen LogP contribution in [-0.2, 0) is 4.74 Å². The number of nitrogens with zero attached hydrogens (tertiary/aromatic N) is 1. The minimum Gasteiger partial charge on any atom is -0.409 e. The molecule has 88 valence electrons. The molecule has 5 heteroatoms. The molecule has 1 saturated carbocycles. The summed E-state index contributed by atoms with van der Waals surface area (Å²) in [6, 6.07) is 0.815. The average molecular weight is 215 g/mol. The summed E-state index contributed by atoms with van der Waals surface area (Å²) in [5, 5.41) is 14.9. The number of hydrogen-bond acceptors (Lipinski definition) is 4. The number of nitrogens with two attached hydrogens (primary N) is 1. The van der Waals surface area contributed by atoms with Crippen LogP contribution in [0.4, 0.5) is 0 Å².